The van der Waals surface area contributed by atoms with Gasteiger partial charge in [0.2, 0.25) is 21.8 Å². The van der Waals surface area contributed by atoms with Gasteiger partial charge in [0.05, 0.1) is 18.0 Å². The SMILES string of the molecule is CC(C)(C)c1ccc(S(=O)(=O)NCC(=O)N2CCC(N3C(=O)CNC3=O)CC2)cc1. The molecule has 2 aliphatic heterocycles. The third-order valence-corrected chi connectivity index (χ3v) is 6.92. The maximum Gasteiger partial charge on any atom is 0.324 e. The predicted octanol–water partition coefficient (Wildman–Crippen LogP) is 0.805. The summed E-state index contributed by atoms with van der Waals surface area (Å²) in [6.45, 7) is 6.53. The van der Waals surface area contributed by atoms with Gasteiger partial charge in [-0.3, -0.25) is 14.5 Å². The number of sulfonamides is 1. The second-order valence-electron chi connectivity index (χ2n) is 8.63. The second kappa shape index (κ2) is 8.35. The minimum atomic E-state index is -3.80. The fraction of sp³-hybridized carbons (Fsp3) is 0.550. The summed E-state index contributed by atoms with van der Waals surface area (Å²) >= 11 is 0. The van der Waals surface area contributed by atoms with Gasteiger partial charge in [0.1, 0.15) is 0 Å². The summed E-state index contributed by atoms with van der Waals surface area (Å²) in [5.74, 6) is -0.587. The van der Waals surface area contributed by atoms with Crippen molar-refractivity contribution in [2.24, 2.45) is 0 Å². The molecule has 1 aromatic rings. The van der Waals surface area contributed by atoms with Crippen LogP contribution >= 0.6 is 0 Å². The minimum Gasteiger partial charge on any atom is -0.341 e. The Morgan fingerprint density at radius 2 is 1.73 bits per heavy atom. The summed E-state index contributed by atoms with van der Waals surface area (Å²) in [6.07, 6.45) is 0.956. The van der Waals surface area contributed by atoms with Crippen LogP contribution in [0, 0.1) is 0 Å². The lowest BCUT2D eigenvalue weighted by molar-refractivity contribution is -0.132. The Labute approximate surface area is 176 Å². The number of benzene rings is 1. The number of imide groups is 1. The Balaban J connectivity index is 1.53. The Hall–Kier alpha value is -2.46. The summed E-state index contributed by atoms with van der Waals surface area (Å²) in [5, 5.41) is 2.49. The summed E-state index contributed by atoms with van der Waals surface area (Å²) in [5.41, 5.74) is 0.934. The van der Waals surface area contributed by atoms with Crippen molar-refractivity contribution >= 4 is 27.9 Å². The number of rotatable bonds is 5. The maximum absolute atomic E-state index is 12.5. The van der Waals surface area contributed by atoms with Crippen molar-refractivity contribution in [2.45, 2.75) is 50.0 Å². The van der Waals surface area contributed by atoms with Crippen LogP contribution in [0.2, 0.25) is 0 Å². The van der Waals surface area contributed by atoms with Gasteiger partial charge >= 0.3 is 6.03 Å². The molecule has 3 rings (SSSR count). The van der Waals surface area contributed by atoms with Gasteiger partial charge in [0, 0.05) is 19.1 Å². The van der Waals surface area contributed by atoms with Crippen LogP contribution in [0.1, 0.15) is 39.2 Å². The molecular formula is C20H28N4O5S. The predicted molar refractivity (Wildman–Crippen MR) is 110 cm³/mol. The van der Waals surface area contributed by atoms with Gasteiger partial charge < -0.3 is 10.2 Å². The number of amides is 4. The molecule has 0 atom stereocenters. The molecule has 0 spiro atoms. The van der Waals surface area contributed by atoms with Crippen molar-refractivity contribution in [1.82, 2.24) is 19.8 Å². The molecule has 10 heteroatoms. The van der Waals surface area contributed by atoms with E-state index >= 15 is 0 Å². The van der Waals surface area contributed by atoms with Crippen LogP contribution < -0.4 is 10.0 Å². The molecule has 2 fully saturated rings. The first-order valence-corrected chi connectivity index (χ1v) is 11.5. The largest absolute Gasteiger partial charge is 0.341 e. The van der Waals surface area contributed by atoms with Gasteiger partial charge in [-0.1, -0.05) is 32.9 Å². The monoisotopic (exact) mass is 436 g/mol. The van der Waals surface area contributed by atoms with Gasteiger partial charge in [-0.05, 0) is 36.0 Å². The van der Waals surface area contributed by atoms with E-state index in [0.29, 0.717) is 25.9 Å². The van der Waals surface area contributed by atoms with E-state index in [1.807, 2.05) is 20.8 Å². The van der Waals surface area contributed by atoms with E-state index in [-0.39, 0.29) is 41.3 Å². The smallest absolute Gasteiger partial charge is 0.324 e. The Morgan fingerprint density at radius 1 is 1.13 bits per heavy atom. The summed E-state index contributed by atoms with van der Waals surface area (Å²) in [7, 11) is -3.80. The number of carbonyl (C=O) groups is 3. The van der Waals surface area contributed by atoms with Gasteiger partial charge in [-0.2, -0.15) is 0 Å². The zero-order valence-electron chi connectivity index (χ0n) is 17.5. The molecule has 0 saturated carbocycles. The number of nitrogens with zero attached hydrogens (tertiary/aromatic N) is 2. The van der Waals surface area contributed by atoms with E-state index in [0.717, 1.165) is 5.56 Å². The number of likely N-dealkylation sites (tertiary alicyclic amines) is 1. The summed E-state index contributed by atoms with van der Waals surface area (Å²) in [6, 6.07) is 6.00. The van der Waals surface area contributed by atoms with E-state index < -0.39 is 16.1 Å². The molecule has 2 saturated heterocycles. The highest BCUT2D eigenvalue weighted by molar-refractivity contribution is 7.89. The highest BCUT2D eigenvalue weighted by Crippen LogP contribution is 2.23. The lowest BCUT2D eigenvalue weighted by Gasteiger charge is -2.35. The average molecular weight is 437 g/mol. The molecule has 0 aliphatic carbocycles. The molecule has 2 heterocycles. The highest BCUT2D eigenvalue weighted by atomic mass is 32.2. The fourth-order valence-electron chi connectivity index (χ4n) is 3.66. The van der Waals surface area contributed by atoms with E-state index in [1.165, 1.54) is 17.0 Å². The van der Waals surface area contributed by atoms with Crippen molar-refractivity contribution in [3.8, 4) is 0 Å². The molecular weight excluding hydrogens is 408 g/mol. The van der Waals surface area contributed by atoms with Crippen molar-refractivity contribution < 1.29 is 22.8 Å². The molecule has 30 heavy (non-hydrogen) atoms. The molecule has 9 nitrogen and oxygen atoms in total. The van der Waals surface area contributed by atoms with Crippen LogP contribution in [0.15, 0.2) is 29.2 Å². The van der Waals surface area contributed by atoms with E-state index in [4.69, 9.17) is 0 Å². The first-order valence-electron chi connectivity index (χ1n) is 9.97. The highest BCUT2D eigenvalue weighted by Gasteiger charge is 2.37. The van der Waals surface area contributed by atoms with Crippen LogP contribution in [0.5, 0.6) is 0 Å². The Morgan fingerprint density at radius 3 is 2.23 bits per heavy atom. The van der Waals surface area contributed by atoms with Gasteiger partial charge in [0.15, 0.2) is 0 Å². The van der Waals surface area contributed by atoms with Crippen LogP contribution in [0.3, 0.4) is 0 Å². The third-order valence-electron chi connectivity index (χ3n) is 5.50. The number of nitrogens with one attached hydrogen (secondary N) is 2. The number of hydrogen-bond donors (Lipinski definition) is 2. The summed E-state index contributed by atoms with van der Waals surface area (Å²) in [4.78, 5) is 38.9. The van der Waals surface area contributed by atoms with Gasteiger partial charge in [-0.25, -0.2) is 17.9 Å². The van der Waals surface area contributed by atoms with Crippen molar-refractivity contribution in [2.75, 3.05) is 26.2 Å². The number of hydrogen-bond acceptors (Lipinski definition) is 5. The third kappa shape index (κ3) is 4.81. The summed E-state index contributed by atoms with van der Waals surface area (Å²) < 4.78 is 27.4. The molecule has 2 N–H and O–H groups in total. The van der Waals surface area contributed by atoms with E-state index in [9.17, 15) is 22.8 Å². The van der Waals surface area contributed by atoms with Crippen LogP contribution in [-0.2, 0) is 25.0 Å². The van der Waals surface area contributed by atoms with Crippen molar-refractivity contribution in [3.05, 3.63) is 29.8 Å². The standard InChI is InChI=1S/C20H28N4O5S/c1-20(2,3)14-4-6-16(7-5-14)30(28,29)22-13-17(25)23-10-8-15(9-11-23)24-18(26)12-21-19(24)27/h4-7,15,22H,8-13H2,1-3H3,(H,21,27). The fourth-order valence-corrected chi connectivity index (χ4v) is 4.64. The van der Waals surface area contributed by atoms with E-state index in [2.05, 4.69) is 10.0 Å². The Bertz CT molecular complexity index is 913. The zero-order chi connectivity index (χ0) is 22.1. The maximum atomic E-state index is 12.5. The quantitative estimate of drug-likeness (QED) is 0.663. The van der Waals surface area contributed by atoms with Crippen molar-refractivity contribution in [1.29, 1.82) is 0 Å². The molecule has 0 radical (unpaired) electrons. The molecule has 4 amide bonds. The molecule has 0 unspecified atom stereocenters. The van der Waals surface area contributed by atoms with Crippen LogP contribution in [-0.4, -0.2) is 68.3 Å². The number of piperidine rings is 1. The van der Waals surface area contributed by atoms with Crippen LogP contribution in [0.4, 0.5) is 4.79 Å². The second-order valence-corrected chi connectivity index (χ2v) is 10.4. The topological polar surface area (TPSA) is 116 Å². The lowest BCUT2D eigenvalue weighted by atomic mass is 9.87. The normalized spacial score (nSPS) is 18.6. The molecule has 0 aromatic heterocycles. The average Bonchev–Trinajstić information content (AvgIpc) is 3.04. The molecule has 1 aromatic carbocycles. The Kier molecular flexibility index (Phi) is 6.19. The lowest BCUT2D eigenvalue weighted by Crippen LogP contribution is -2.50. The minimum absolute atomic E-state index is 0.0104. The van der Waals surface area contributed by atoms with Crippen molar-refractivity contribution in [3.63, 3.8) is 0 Å². The first kappa shape index (κ1) is 22.2. The van der Waals surface area contributed by atoms with Gasteiger partial charge in [0.25, 0.3) is 0 Å². The molecule has 164 valence electrons. The number of urea groups is 1. The first-order chi connectivity index (χ1) is 14.0. The number of carbonyl (C=O) groups excluding carboxylic acids is 3. The van der Waals surface area contributed by atoms with Crippen LogP contribution in [0.25, 0.3) is 0 Å². The molecule has 2 aliphatic rings. The molecule has 0 bridgehead atoms. The zero-order valence-corrected chi connectivity index (χ0v) is 18.3. The van der Waals surface area contributed by atoms with E-state index in [1.54, 1.807) is 17.0 Å². The van der Waals surface area contributed by atoms with Gasteiger partial charge in [-0.15, -0.1) is 0 Å².